The van der Waals surface area contributed by atoms with Gasteiger partial charge in [-0.15, -0.1) is 0 Å². The van der Waals surface area contributed by atoms with Crippen molar-refractivity contribution < 1.29 is 18.0 Å². The molecule has 1 unspecified atom stereocenters. The molecule has 6 nitrogen and oxygen atoms in total. The Kier molecular flexibility index (Phi) is 6.12. The van der Waals surface area contributed by atoms with Crippen molar-refractivity contribution in [3.05, 3.63) is 112 Å². The van der Waals surface area contributed by atoms with Crippen LogP contribution >= 0.6 is 0 Å². The Hall–Kier alpha value is -4.14. The van der Waals surface area contributed by atoms with Gasteiger partial charge in [0.15, 0.2) is 17.4 Å². The van der Waals surface area contributed by atoms with E-state index < -0.39 is 29.0 Å². The van der Waals surface area contributed by atoms with Crippen LogP contribution in [-0.4, -0.2) is 25.7 Å². The van der Waals surface area contributed by atoms with Gasteiger partial charge in [-0.3, -0.25) is 9.59 Å². The van der Waals surface area contributed by atoms with E-state index in [2.05, 4.69) is 19.9 Å². The molecule has 2 heterocycles. The summed E-state index contributed by atoms with van der Waals surface area (Å²) in [5.41, 5.74) is -0.0927. The number of halogens is 3. The van der Waals surface area contributed by atoms with Gasteiger partial charge in [-0.05, 0) is 29.3 Å². The molecule has 0 saturated heterocycles. The van der Waals surface area contributed by atoms with E-state index in [9.17, 15) is 22.8 Å². The lowest BCUT2D eigenvalue weighted by Crippen LogP contribution is -2.17. The fourth-order valence-corrected chi connectivity index (χ4v) is 3.44. The SMILES string of the molecule is O=C(CC(c1ccccc1)c1ccc(C(F)(F)F)cc1)c1cc(=O)[nH]c(-c2ncccn2)n1. The summed E-state index contributed by atoms with van der Waals surface area (Å²) in [5, 5.41) is 0. The highest BCUT2D eigenvalue weighted by molar-refractivity contribution is 5.95. The molecule has 4 rings (SSSR count). The molecule has 0 aliphatic rings. The third-order valence-electron chi connectivity index (χ3n) is 5.04. The fourth-order valence-electron chi connectivity index (χ4n) is 3.44. The number of rotatable bonds is 6. The van der Waals surface area contributed by atoms with Crippen LogP contribution in [0.2, 0.25) is 0 Å². The van der Waals surface area contributed by atoms with Crippen molar-refractivity contribution in [2.45, 2.75) is 18.5 Å². The van der Waals surface area contributed by atoms with Crippen LogP contribution in [0, 0.1) is 0 Å². The zero-order valence-electron chi connectivity index (χ0n) is 17.1. The molecule has 0 amide bonds. The number of Topliss-reactive ketones (excluding diaryl/α,β-unsaturated/α-hetero) is 1. The molecule has 166 valence electrons. The van der Waals surface area contributed by atoms with Gasteiger partial charge in [0.25, 0.3) is 5.56 Å². The van der Waals surface area contributed by atoms with Gasteiger partial charge in [-0.25, -0.2) is 15.0 Å². The number of alkyl halides is 3. The molecular formula is C24H17F3N4O2. The van der Waals surface area contributed by atoms with Gasteiger partial charge < -0.3 is 4.98 Å². The Bertz CT molecular complexity index is 1310. The van der Waals surface area contributed by atoms with Crippen molar-refractivity contribution in [1.82, 2.24) is 19.9 Å². The first-order chi connectivity index (χ1) is 15.8. The Morgan fingerprint density at radius 1 is 0.909 bits per heavy atom. The zero-order chi connectivity index (χ0) is 23.4. The number of hydrogen-bond donors (Lipinski definition) is 1. The summed E-state index contributed by atoms with van der Waals surface area (Å²) in [6.07, 6.45) is -1.60. The van der Waals surface area contributed by atoms with Gasteiger partial charge in [0.2, 0.25) is 0 Å². The van der Waals surface area contributed by atoms with E-state index in [4.69, 9.17) is 0 Å². The maximum Gasteiger partial charge on any atom is 0.416 e. The molecule has 9 heteroatoms. The lowest BCUT2D eigenvalue weighted by molar-refractivity contribution is -0.137. The van der Waals surface area contributed by atoms with Crippen LogP contribution in [0.3, 0.4) is 0 Å². The third kappa shape index (κ3) is 5.20. The van der Waals surface area contributed by atoms with E-state index in [0.717, 1.165) is 23.8 Å². The van der Waals surface area contributed by atoms with Crippen molar-refractivity contribution in [1.29, 1.82) is 0 Å². The van der Waals surface area contributed by atoms with Crippen LogP contribution in [0.25, 0.3) is 11.6 Å². The predicted octanol–water partition coefficient (Wildman–Crippen LogP) is 4.65. The smallest absolute Gasteiger partial charge is 0.304 e. The highest BCUT2D eigenvalue weighted by atomic mass is 19.4. The summed E-state index contributed by atoms with van der Waals surface area (Å²) in [7, 11) is 0. The number of carbonyl (C=O) groups is 1. The minimum Gasteiger partial charge on any atom is -0.304 e. The molecule has 0 aliphatic heterocycles. The normalized spacial score (nSPS) is 12.3. The maximum absolute atomic E-state index is 13.1. The minimum atomic E-state index is -4.46. The number of carbonyl (C=O) groups excluding carboxylic acids is 1. The lowest BCUT2D eigenvalue weighted by atomic mass is 9.86. The second-order valence-electron chi connectivity index (χ2n) is 7.26. The molecule has 4 aromatic rings. The van der Waals surface area contributed by atoms with Gasteiger partial charge >= 0.3 is 6.18 Å². The van der Waals surface area contributed by atoms with Gasteiger partial charge in [-0.2, -0.15) is 13.2 Å². The van der Waals surface area contributed by atoms with E-state index in [1.54, 1.807) is 36.4 Å². The first kappa shape index (κ1) is 22.1. The molecule has 1 atom stereocenters. The monoisotopic (exact) mass is 450 g/mol. The maximum atomic E-state index is 13.1. The highest BCUT2D eigenvalue weighted by Gasteiger charge is 2.30. The van der Waals surface area contributed by atoms with Crippen molar-refractivity contribution in [2.24, 2.45) is 0 Å². The number of aromatic amines is 1. The largest absolute Gasteiger partial charge is 0.416 e. The van der Waals surface area contributed by atoms with Crippen molar-refractivity contribution >= 4 is 5.78 Å². The van der Waals surface area contributed by atoms with Crippen LogP contribution < -0.4 is 5.56 Å². The first-order valence-corrected chi connectivity index (χ1v) is 9.95. The topological polar surface area (TPSA) is 88.6 Å². The number of nitrogens with one attached hydrogen (secondary N) is 1. The number of H-pyrrole nitrogens is 1. The van der Waals surface area contributed by atoms with E-state index in [-0.39, 0.29) is 23.8 Å². The molecular weight excluding hydrogens is 433 g/mol. The van der Waals surface area contributed by atoms with E-state index in [1.165, 1.54) is 24.5 Å². The highest BCUT2D eigenvalue weighted by Crippen LogP contribution is 2.33. The third-order valence-corrected chi connectivity index (χ3v) is 5.04. The van der Waals surface area contributed by atoms with Crippen LogP contribution in [0.5, 0.6) is 0 Å². The van der Waals surface area contributed by atoms with Gasteiger partial charge in [0.05, 0.1) is 5.56 Å². The number of benzene rings is 2. The lowest BCUT2D eigenvalue weighted by Gasteiger charge is -2.18. The number of nitrogens with zero attached hydrogens (tertiary/aromatic N) is 3. The quantitative estimate of drug-likeness (QED) is 0.432. The first-order valence-electron chi connectivity index (χ1n) is 9.95. The molecule has 0 bridgehead atoms. The average Bonchev–Trinajstić information content (AvgIpc) is 2.82. The second-order valence-corrected chi connectivity index (χ2v) is 7.26. The summed E-state index contributed by atoms with van der Waals surface area (Å²) >= 11 is 0. The van der Waals surface area contributed by atoms with E-state index in [1.807, 2.05) is 0 Å². The van der Waals surface area contributed by atoms with Crippen molar-refractivity contribution in [3.8, 4) is 11.6 Å². The number of aromatic nitrogens is 4. The molecule has 0 saturated carbocycles. The van der Waals surface area contributed by atoms with Crippen LogP contribution in [-0.2, 0) is 6.18 Å². The average molecular weight is 450 g/mol. The predicted molar refractivity (Wildman–Crippen MR) is 115 cm³/mol. The Morgan fingerprint density at radius 3 is 2.18 bits per heavy atom. The molecule has 1 N–H and O–H groups in total. The Balaban J connectivity index is 1.68. The van der Waals surface area contributed by atoms with Gasteiger partial charge in [0, 0.05) is 30.8 Å². The molecule has 0 aliphatic carbocycles. The van der Waals surface area contributed by atoms with Crippen molar-refractivity contribution in [3.63, 3.8) is 0 Å². The summed E-state index contributed by atoms with van der Waals surface area (Å²) in [5.74, 6) is -0.755. The summed E-state index contributed by atoms with van der Waals surface area (Å²) < 4.78 is 39.0. The van der Waals surface area contributed by atoms with Gasteiger partial charge in [-0.1, -0.05) is 42.5 Å². The summed E-state index contributed by atoms with van der Waals surface area (Å²) in [6.45, 7) is 0. The van der Waals surface area contributed by atoms with E-state index >= 15 is 0 Å². The summed E-state index contributed by atoms with van der Waals surface area (Å²) in [6, 6.07) is 16.4. The fraction of sp³-hybridized carbons (Fsp3) is 0.125. The standard InChI is InChI=1S/C24H17F3N4O2/c25-24(26,27)17-9-7-16(8-10-17)18(15-5-2-1-3-6-15)13-20(32)19-14-21(33)31-23(30-19)22-28-11-4-12-29-22/h1-12,14,18H,13H2,(H,30,31,33). The minimum absolute atomic E-state index is 0.0530. The molecule has 0 fully saturated rings. The van der Waals surface area contributed by atoms with Crippen LogP contribution in [0.4, 0.5) is 13.2 Å². The van der Waals surface area contributed by atoms with Crippen LogP contribution in [0.15, 0.2) is 83.9 Å². The zero-order valence-corrected chi connectivity index (χ0v) is 17.1. The Morgan fingerprint density at radius 2 is 1.55 bits per heavy atom. The van der Waals surface area contributed by atoms with Crippen LogP contribution in [0.1, 0.15) is 39.5 Å². The second kappa shape index (κ2) is 9.15. The number of hydrogen-bond acceptors (Lipinski definition) is 5. The number of ketones is 1. The molecule has 2 aromatic carbocycles. The van der Waals surface area contributed by atoms with Gasteiger partial charge in [0.1, 0.15) is 5.69 Å². The summed E-state index contributed by atoms with van der Waals surface area (Å²) in [4.78, 5) is 40.0. The van der Waals surface area contributed by atoms with E-state index in [0.29, 0.717) is 5.56 Å². The molecule has 0 spiro atoms. The molecule has 33 heavy (non-hydrogen) atoms. The van der Waals surface area contributed by atoms with Crippen molar-refractivity contribution in [2.75, 3.05) is 0 Å². The molecule has 2 aromatic heterocycles. The Labute approximate surface area is 186 Å². The molecule has 0 radical (unpaired) electrons.